The van der Waals surface area contributed by atoms with Gasteiger partial charge >= 0.3 is 0 Å². The van der Waals surface area contributed by atoms with Gasteiger partial charge in [0.15, 0.2) is 0 Å². The first-order valence-electron chi connectivity index (χ1n) is 8.59. The van der Waals surface area contributed by atoms with E-state index < -0.39 is 5.92 Å². The Hall–Kier alpha value is -2.69. The highest BCUT2D eigenvalue weighted by Crippen LogP contribution is 2.31. The Morgan fingerprint density at radius 2 is 1.84 bits per heavy atom. The maximum absolute atomic E-state index is 12.9. The van der Waals surface area contributed by atoms with E-state index in [4.69, 9.17) is 0 Å². The number of nitrogens with one attached hydrogen (secondary N) is 1. The molecule has 128 valence electrons. The van der Waals surface area contributed by atoms with E-state index in [0.29, 0.717) is 12.2 Å². The zero-order chi connectivity index (χ0) is 17.4. The number of benzene rings is 2. The molecule has 2 aliphatic rings. The lowest BCUT2D eigenvalue weighted by Gasteiger charge is -2.18. The van der Waals surface area contributed by atoms with Gasteiger partial charge < -0.3 is 10.2 Å². The van der Waals surface area contributed by atoms with Gasteiger partial charge in [0.25, 0.3) is 0 Å². The molecule has 1 aliphatic carbocycles. The third-order valence-electron chi connectivity index (χ3n) is 5.00. The Labute approximate surface area is 145 Å². The summed E-state index contributed by atoms with van der Waals surface area (Å²) in [4.78, 5) is 26.5. The summed E-state index contributed by atoms with van der Waals surface area (Å²) >= 11 is 0. The molecule has 1 saturated heterocycles. The molecule has 25 heavy (non-hydrogen) atoms. The number of carbonyl (C=O) groups excluding carboxylic acids is 2. The van der Waals surface area contributed by atoms with Crippen molar-refractivity contribution >= 4 is 23.2 Å². The van der Waals surface area contributed by atoms with E-state index >= 15 is 0 Å². The molecular weight excluding hydrogens is 319 g/mol. The molecule has 5 heteroatoms. The molecule has 1 fully saturated rings. The Morgan fingerprint density at radius 1 is 1.08 bits per heavy atom. The maximum atomic E-state index is 12.9. The summed E-state index contributed by atoms with van der Waals surface area (Å²) < 4.78 is 12.9. The molecule has 0 spiro atoms. The van der Waals surface area contributed by atoms with Gasteiger partial charge in [-0.1, -0.05) is 6.07 Å². The number of halogens is 1. The molecule has 0 aromatic heterocycles. The van der Waals surface area contributed by atoms with Crippen molar-refractivity contribution in [3.63, 3.8) is 0 Å². The molecule has 1 heterocycles. The molecule has 1 unspecified atom stereocenters. The fraction of sp³-hybridized carbons (Fsp3) is 0.300. The number of hydrogen-bond acceptors (Lipinski definition) is 2. The number of anilines is 2. The molecule has 0 radical (unpaired) electrons. The van der Waals surface area contributed by atoms with Gasteiger partial charge in [-0.05, 0) is 66.8 Å². The van der Waals surface area contributed by atoms with Crippen LogP contribution in [0.3, 0.4) is 0 Å². The highest BCUT2D eigenvalue weighted by atomic mass is 19.1. The first kappa shape index (κ1) is 15.8. The van der Waals surface area contributed by atoms with Gasteiger partial charge in [0.2, 0.25) is 11.8 Å². The van der Waals surface area contributed by atoms with Crippen molar-refractivity contribution in [1.82, 2.24) is 0 Å². The summed E-state index contributed by atoms with van der Waals surface area (Å²) in [5.74, 6) is -0.983. The van der Waals surface area contributed by atoms with Crippen molar-refractivity contribution in [2.75, 3.05) is 16.8 Å². The first-order chi connectivity index (χ1) is 12.1. The molecule has 1 atom stereocenters. The second-order valence-corrected chi connectivity index (χ2v) is 6.71. The first-order valence-corrected chi connectivity index (χ1v) is 8.59. The molecule has 2 aromatic rings. The van der Waals surface area contributed by atoms with E-state index in [9.17, 15) is 14.0 Å². The second-order valence-electron chi connectivity index (χ2n) is 6.71. The monoisotopic (exact) mass is 338 g/mol. The number of aryl methyl sites for hydroxylation is 2. The van der Waals surface area contributed by atoms with Crippen molar-refractivity contribution in [1.29, 1.82) is 0 Å². The fourth-order valence-electron chi connectivity index (χ4n) is 3.64. The van der Waals surface area contributed by atoms with Crippen molar-refractivity contribution in [3.05, 3.63) is 59.4 Å². The van der Waals surface area contributed by atoms with Gasteiger partial charge in [-0.3, -0.25) is 9.59 Å². The summed E-state index contributed by atoms with van der Waals surface area (Å²) in [6.07, 6.45) is 3.52. The van der Waals surface area contributed by atoms with Crippen LogP contribution in [0.4, 0.5) is 15.8 Å². The summed E-state index contributed by atoms with van der Waals surface area (Å²) in [7, 11) is 0. The molecule has 0 bridgehead atoms. The van der Waals surface area contributed by atoms with Gasteiger partial charge in [-0.15, -0.1) is 0 Å². The standard InChI is InChI=1S/C20H19FN2O2/c21-16-5-7-17(8-6-16)22-20(25)15-11-19(24)23(12-15)18-9-4-13-2-1-3-14(13)10-18/h4-10,15H,1-3,11-12H2,(H,22,25). The molecule has 1 aliphatic heterocycles. The van der Waals surface area contributed by atoms with Gasteiger partial charge in [0, 0.05) is 24.3 Å². The number of carbonyl (C=O) groups is 2. The SMILES string of the molecule is O=C(Nc1ccc(F)cc1)C1CC(=O)N(c2ccc3c(c2)CCC3)C1. The number of amides is 2. The van der Waals surface area contributed by atoms with Crippen molar-refractivity contribution < 1.29 is 14.0 Å². The number of rotatable bonds is 3. The summed E-state index contributed by atoms with van der Waals surface area (Å²) in [6.45, 7) is 0.380. The topological polar surface area (TPSA) is 49.4 Å². The van der Waals surface area contributed by atoms with Crippen LogP contribution in [0.25, 0.3) is 0 Å². The van der Waals surface area contributed by atoms with Crippen molar-refractivity contribution in [2.45, 2.75) is 25.7 Å². The Kier molecular flexibility index (Phi) is 3.99. The molecule has 4 nitrogen and oxygen atoms in total. The highest BCUT2D eigenvalue weighted by molar-refractivity contribution is 6.03. The minimum absolute atomic E-state index is 0.0304. The second kappa shape index (κ2) is 6.31. The lowest BCUT2D eigenvalue weighted by molar-refractivity contribution is -0.122. The van der Waals surface area contributed by atoms with Gasteiger partial charge in [-0.25, -0.2) is 4.39 Å². The number of hydrogen-bond donors (Lipinski definition) is 1. The summed E-state index contributed by atoms with van der Waals surface area (Å²) in [5.41, 5.74) is 4.09. The lowest BCUT2D eigenvalue weighted by Crippen LogP contribution is -2.28. The zero-order valence-electron chi connectivity index (χ0n) is 13.8. The van der Waals surface area contributed by atoms with E-state index in [1.54, 1.807) is 4.90 Å². The van der Waals surface area contributed by atoms with Crippen molar-refractivity contribution in [2.24, 2.45) is 5.92 Å². The Balaban J connectivity index is 1.46. The summed E-state index contributed by atoms with van der Waals surface area (Å²) in [5, 5.41) is 2.76. The van der Waals surface area contributed by atoms with Crippen LogP contribution in [0, 0.1) is 11.7 Å². The number of fused-ring (bicyclic) bond motifs is 1. The lowest BCUT2D eigenvalue weighted by atomic mass is 10.1. The normalized spacial score (nSPS) is 19.2. The van der Waals surface area contributed by atoms with Gasteiger partial charge in [0.1, 0.15) is 5.82 Å². The molecule has 1 N–H and O–H groups in total. The largest absolute Gasteiger partial charge is 0.326 e. The third kappa shape index (κ3) is 3.14. The average molecular weight is 338 g/mol. The van der Waals surface area contributed by atoms with Crippen molar-refractivity contribution in [3.8, 4) is 0 Å². The van der Waals surface area contributed by atoms with E-state index in [-0.39, 0.29) is 24.1 Å². The van der Waals surface area contributed by atoms with Crippen LogP contribution in [0.15, 0.2) is 42.5 Å². The van der Waals surface area contributed by atoms with E-state index in [0.717, 1.165) is 24.9 Å². The van der Waals surface area contributed by atoms with Crippen LogP contribution < -0.4 is 10.2 Å². The smallest absolute Gasteiger partial charge is 0.229 e. The van der Waals surface area contributed by atoms with E-state index in [1.807, 2.05) is 6.07 Å². The van der Waals surface area contributed by atoms with E-state index in [1.165, 1.54) is 35.4 Å². The maximum Gasteiger partial charge on any atom is 0.229 e. The summed E-state index contributed by atoms with van der Waals surface area (Å²) in [6, 6.07) is 11.8. The van der Waals surface area contributed by atoms with Crippen LogP contribution in [-0.4, -0.2) is 18.4 Å². The molecule has 2 amide bonds. The minimum Gasteiger partial charge on any atom is -0.326 e. The van der Waals surface area contributed by atoms with Crippen LogP contribution >= 0.6 is 0 Å². The molecular formula is C20H19FN2O2. The van der Waals surface area contributed by atoms with Gasteiger partial charge in [-0.2, -0.15) is 0 Å². The molecule has 0 saturated carbocycles. The van der Waals surface area contributed by atoms with Crippen LogP contribution in [0.5, 0.6) is 0 Å². The predicted molar refractivity (Wildman–Crippen MR) is 94.0 cm³/mol. The Bertz CT molecular complexity index is 832. The third-order valence-corrected chi connectivity index (χ3v) is 5.00. The fourth-order valence-corrected chi connectivity index (χ4v) is 3.64. The van der Waals surface area contributed by atoms with Crippen LogP contribution in [-0.2, 0) is 22.4 Å². The van der Waals surface area contributed by atoms with Crippen LogP contribution in [0.2, 0.25) is 0 Å². The molecule has 4 rings (SSSR count). The minimum atomic E-state index is -0.397. The van der Waals surface area contributed by atoms with E-state index in [2.05, 4.69) is 17.4 Å². The quantitative estimate of drug-likeness (QED) is 0.933. The predicted octanol–water partition coefficient (Wildman–Crippen LogP) is 3.31. The van der Waals surface area contributed by atoms with Crippen LogP contribution in [0.1, 0.15) is 24.0 Å². The Morgan fingerprint density at radius 3 is 2.64 bits per heavy atom. The van der Waals surface area contributed by atoms with Gasteiger partial charge in [0.05, 0.1) is 5.92 Å². The average Bonchev–Trinajstić information content (AvgIpc) is 3.22. The highest BCUT2D eigenvalue weighted by Gasteiger charge is 2.35. The number of nitrogens with zero attached hydrogens (tertiary/aromatic N) is 1. The zero-order valence-corrected chi connectivity index (χ0v) is 13.8. The molecule has 2 aromatic carbocycles.